The van der Waals surface area contributed by atoms with Crippen molar-refractivity contribution in [1.29, 1.82) is 0 Å². The molecule has 19 heavy (non-hydrogen) atoms. The third-order valence-electron chi connectivity index (χ3n) is 6.63. The second-order valence-corrected chi connectivity index (χ2v) is 7.33. The molecule has 3 fully saturated rings. The van der Waals surface area contributed by atoms with Gasteiger partial charge in [-0.15, -0.1) is 0 Å². The van der Waals surface area contributed by atoms with E-state index in [0.717, 1.165) is 25.7 Å². The van der Waals surface area contributed by atoms with Crippen LogP contribution in [-0.4, -0.2) is 23.3 Å². The van der Waals surface area contributed by atoms with Gasteiger partial charge in [-0.05, 0) is 43.4 Å². The molecule has 3 aliphatic rings. The molecule has 1 N–H and O–H groups in total. The van der Waals surface area contributed by atoms with Crippen LogP contribution in [0.25, 0.3) is 0 Å². The van der Waals surface area contributed by atoms with E-state index in [0.29, 0.717) is 30.5 Å². The molecule has 3 nitrogen and oxygen atoms in total. The van der Waals surface area contributed by atoms with Gasteiger partial charge in [-0.25, -0.2) is 0 Å². The van der Waals surface area contributed by atoms with Crippen molar-refractivity contribution < 1.29 is 14.7 Å². The van der Waals surface area contributed by atoms with Gasteiger partial charge < -0.3 is 5.11 Å². The van der Waals surface area contributed by atoms with Crippen LogP contribution in [0.3, 0.4) is 0 Å². The van der Waals surface area contributed by atoms with Gasteiger partial charge in [0.1, 0.15) is 11.6 Å². The predicted octanol–water partition coefficient (Wildman–Crippen LogP) is 2.36. The highest BCUT2D eigenvalue weighted by atomic mass is 16.3. The summed E-state index contributed by atoms with van der Waals surface area (Å²) >= 11 is 0. The number of carbonyl (C=O) groups is 2. The van der Waals surface area contributed by atoms with E-state index in [9.17, 15) is 14.7 Å². The smallest absolute Gasteiger partial charge is 0.141 e. The fraction of sp³-hybridized carbons (Fsp3) is 0.875. The number of rotatable bonds is 1. The number of aliphatic hydroxyl groups is 1. The van der Waals surface area contributed by atoms with Crippen LogP contribution in [0.1, 0.15) is 52.4 Å². The molecule has 5 unspecified atom stereocenters. The Morgan fingerprint density at radius 1 is 1.05 bits per heavy atom. The lowest BCUT2D eigenvalue weighted by atomic mass is 9.50. The average molecular weight is 264 g/mol. The van der Waals surface area contributed by atoms with Crippen molar-refractivity contribution in [3.05, 3.63) is 0 Å². The summed E-state index contributed by atoms with van der Waals surface area (Å²) in [6, 6.07) is 0. The summed E-state index contributed by atoms with van der Waals surface area (Å²) in [6.45, 7) is 4.03. The number of ketones is 2. The summed E-state index contributed by atoms with van der Waals surface area (Å²) in [5.41, 5.74) is -0.701. The van der Waals surface area contributed by atoms with Gasteiger partial charge in [0.2, 0.25) is 0 Å². The van der Waals surface area contributed by atoms with Gasteiger partial charge in [0.05, 0.1) is 12.0 Å². The molecule has 0 aromatic carbocycles. The van der Waals surface area contributed by atoms with E-state index in [-0.39, 0.29) is 23.7 Å². The molecule has 0 spiro atoms. The summed E-state index contributed by atoms with van der Waals surface area (Å²) < 4.78 is 0. The molecule has 3 heteroatoms. The van der Waals surface area contributed by atoms with Gasteiger partial charge >= 0.3 is 0 Å². The highest BCUT2D eigenvalue weighted by molar-refractivity contribution is 5.88. The highest BCUT2D eigenvalue weighted by Crippen LogP contribution is 2.60. The quantitative estimate of drug-likeness (QED) is 0.791. The molecule has 3 aliphatic carbocycles. The van der Waals surface area contributed by atoms with Crippen molar-refractivity contribution in [2.24, 2.45) is 28.6 Å². The number of hydrogen-bond donors (Lipinski definition) is 1. The first-order valence-electron chi connectivity index (χ1n) is 7.61. The molecule has 0 amide bonds. The van der Waals surface area contributed by atoms with Gasteiger partial charge in [0, 0.05) is 18.3 Å². The number of hydrogen-bond acceptors (Lipinski definition) is 3. The van der Waals surface area contributed by atoms with Crippen LogP contribution in [0.2, 0.25) is 0 Å². The molecule has 106 valence electrons. The lowest BCUT2D eigenvalue weighted by molar-refractivity contribution is -0.150. The molecule has 0 heterocycles. The number of Topliss-reactive ketones (excluding diaryl/α,β-unsaturated/α-hetero) is 2. The Balaban J connectivity index is 1.95. The van der Waals surface area contributed by atoms with Crippen LogP contribution in [0.4, 0.5) is 0 Å². The van der Waals surface area contributed by atoms with E-state index in [2.05, 4.69) is 6.92 Å². The van der Waals surface area contributed by atoms with E-state index in [1.54, 1.807) is 0 Å². The largest absolute Gasteiger partial charge is 0.395 e. The van der Waals surface area contributed by atoms with Crippen LogP contribution in [0, 0.1) is 28.6 Å². The molecule has 0 bridgehead atoms. The Labute approximate surface area is 114 Å². The third-order valence-corrected chi connectivity index (χ3v) is 6.63. The molecule has 0 aromatic rings. The molecule has 5 atom stereocenters. The van der Waals surface area contributed by atoms with Gasteiger partial charge in [-0.1, -0.05) is 13.8 Å². The maximum absolute atomic E-state index is 12.2. The Bertz CT molecular complexity index is 430. The zero-order valence-electron chi connectivity index (χ0n) is 11.9. The van der Waals surface area contributed by atoms with Crippen LogP contribution in [-0.2, 0) is 9.59 Å². The Morgan fingerprint density at radius 3 is 2.42 bits per heavy atom. The van der Waals surface area contributed by atoms with E-state index in [1.165, 1.54) is 0 Å². The number of carbonyl (C=O) groups excluding carboxylic acids is 2. The van der Waals surface area contributed by atoms with E-state index in [1.807, 2.05) is 6.92 Å². The lowest BCUT2D eigenvalue weighted by Crippen LogP contribution is -2.53. The Morgan fingerprint density at radius 2 is 1.74 bits per heavy atom. The Kier molecular flexibility index (Phi) is 2.90. The fourth-order valence-corrected chi connectivity index (χ4v) is 5.25. The summed E-state index contributed by atoms with van der Waals surface area (Å²) in [7, 11) is 0. The van der Waals surface area contributed by atoms with E-state index >= 15 is 0 Å². The van der Waals surface area contributed by atoms with Gasteiger partial charge in [0.15, 0.2) is 0 Å². The van der Waals surface area contributed by atoms with Crippen molar-refractivity contribution in [1.82, 2.24) is 0 Å². The zero-order chi connectivity index (χ0) is 13.8. The van der Waals surface area contributed by atoms with Crippen molar-refractivity contribution in [2.45, 2.75) is 52.4 Å². The minimum atomic E-state index is -0.560. The van der Waals surface area contributed by atoms with Crippen molar-refractivity contribution in [3.63, 3.8) is 0 Å². The molecule has 3 rings (SSSR count). The van der Waals surface area contributed by atoms with E-state index in [4.69, 9.17) is 0 Å². The van der Waals surface area contributed by atoms with Gasteiger partial charge in [-0.2, -0.15) is 0 Å². The molecular weight excluding hydrogens is 240 g/mol. The van der Waals surface area contributed by atoms with Crippen molar-refractivity contribution >= 4 is 11.6 Å². The standard InChI is InChI=1S/C16H24O3/c1-15-8-7-12-10(11(15)4-6-13(15)18)3-5-14(19)16(12,2)9-17/h10-12,17H,3-9H2,1-2H3. The first-order chi connectivity index (χ1) is 8.93. The topological polar surface area (TPSA) is 54.4 Å². The molecule has 3 saturated carbocycles. The van der Waals surface area contributed by atoms with Crippen LogP contribution < -0.4 is 0 Å². The summed E-state index contributed by atoms with van der Waals surface area (Å²) in [5.74, 6) is 1.84. The van der Waals surface area contributed by atoms with Crippen molar-refractivity contribution in [3.8, 4) is 0 Å². The first kappa shape index (κ1) is 13.3. The highest BCUT2D eigenvalue weighted by Gasteiger charge is 2.59. The Hall–Kier alpha value is -0.700. The second-order valence-electron chi connectivity index (χ2n) is 7.33. The molecule has 0 aromatic heterocycles. The van der Waals surface area contributed by atoms with Crippen LogP contribution in [0.5, 0.6) is 0 Å². The van der Waals surface area contributed by atoms with Gasteiger partial charge in [-0.3, -0.25) is 9.59 Å². The van der Waals surface area contributed by atoms with Crippen molar-refractivity contribution in [2.75, 3.05) is 6.61 Å². The number of fused-ring (bicyclic) bond motifs is 3. The SMILES string of the molecule is CC1(CO)C(=O)CCC2C1CCC1(C)C(=O)CCC21. The van der Waals surface area contributed by atoms with E-state index < -0.39 is 5.41 Å². The van der Waals surface area contributed by atoms with Crippen LogP contribution in [0.15, 0.2) is 0 Å². The summed E-state index contributed by atoms with van der Waals surface area (Å²) in [5, 5.41) is 9.73. The molecule has 0 radical (unpaired) electrons. The molecular formula is C16H24O3. The normalized spacial score (nSPS) is 49.9. The fourth-order valence-electron chi connectivity index (χ4n) is 5.25. The second kappa shape index (κ2) is 4.15. The maximum Gasteiger partial charge on any atom is 0.141 e. The maximum atomic E-state index is 12.2. The average Bonchev–Trinajstić information content (AvgIpc) is 2.70. The predicted molar refractivity (Wildman–Crippen MR) is 71.5 cm³/mol. The third kappa shape index (κ3) is 1.60. The first-order valence-corrected chi connectivity index (χ1v) is 7.61. The lowest BCUT2D eigenvalue weighted by Gasteiger charge is -2.53. The molecule has 0 aliphatic heterocycles. The monoisotopic (exact) mass is 264 g/mol. The summed E-state index contributed by atoms with van der Waals surface area (Å²) in [6.07, 6.45) is 5.04. The minimum absolute atomic E-state index is 0.0373. The molecule has 0 saturated heterocycles. The minimum Gasteiger partial charge on any atom is -0.395 e. The zero-order valence-corrected chi connectivity index (χ0v) is 11.9. The number of aliphatic hydroxyl groups excluding tert-OH is 1. The van der Waals surface area contributed by atoms with Gasteiger partial charge in [0.25, 0.3) is 0 Å². The summed E-state index contributed by atoms with van der Waals surface area (Å²) in [4.78, 5) is 24.4. The van der Waals surface area contributed by atoms with Crippen LogP contribution >= 0.6 is 0 Å².